The third kappa shape index (κ3) is 3.08. The molecule has 0 saturated heterocycles. The highest BCUT2D eigenvalue weighted by molar-refractivity contribution is 6.08. The van der Waals surface area contributed by atoms with Crippen molar-refractivity contribution in [1.82, 2.24) is 0 Å². The molecule has 0 aliphatic carbocycles. The van der Waals surface area contributed by atoms with E-state index in [9.17, 15) is 0 Å². The first-order chi connectivity index (χ1) is 10.4. The van der Waals surface area contributed by atoms with Gasteiger partial charge in [-0.25, -0.2) is 0 Å². The fourth-order valence-electron chi connectivity index (χ4n) is 3.18. The first-order valence-electron chi connectivity index (χ1n) is 8.09. The molecule has 0 spiro atoms. The van der Waals surface area contributed by atoms with Gasteiger partial charge in [-0.2, -0.15) is 0 Å². The lowest BCUT2D eigenvalue weighted by molar-refractivity contribution is -0.368. The minimum absolute atomic E-state index is 1.07. The molecule has 108 valence electrons. The molecule has 21 heavy (non-hydrogen) atoms. The average molecular weight is 278 g/mol. The second-order valence-corrected chi connectivity index (χ2v) is 5.82. The molecule has 0 fully saturated rings. The van der Waals surface area contributed by atoms with Crippen molar-refractivity contribution in [3.8, 4) is 0 Å². The summed E-state index contributed by atoms with van der Waals surface area (Å²) in [6.45, 7) is 1.07. The van der Waals surface area contributed by atoms with Crippen LogP contribution in [0.4, 0.5) is 0 Å². The molecule has 0 atom stereocenters. The minimum Gasteiger partial charge on any atom is -0.358 e. The van der Waals surface area contributed by atoms with Crippen LogP contribution in [0.25, 0.3) is 21.5 Å². The van der Waals surface area contributed by atoms with Gasteiger partial charge in [-0.3, -0.25) is 0 Å². The lowest BCUT2D eigenvalue weighted by atomic mass is 9.94. The molecule has 1 nitrogen and oxygen atoms in total. The number of aryl methyl sites for hydroxylation is 1. The van der Waals surface area contributed by atoms with Crippen LogP contribution < -0.4 is 5.73 Å². The van der Waals surface area contributed by atoms with E-state index in [1.54, 1.807) is 0 Å². The van der Waals surface area contributed by atoms with E-state index in [1.807, 2.05) is 0 Å². The Kier molecular flexibility index (Phi) is 4.52. The number of hydrogen-bond donors (Lipinski definition) is 1. The van der Waals surface area contributed by atoms with Gasteiger partial charge in [0.2, 0.25) is 0 Å². The quantitative estimate of drug-likeness (QED) is 0.513. The van der Waals surface area contributed by atoms with Crippen molar-refractivity contribution in [3.05, 3.63) is 60.2 Å². The van der Waals surface area contributed by atoms with Crippen LogP contribution in [-0.4, -0.2) is 6.54 Å². The van der Waals surface area contributed by atoms with Crippen LogP contribution in [0.15, 0.2) is 54.6 Å². The van der Waals surface area contributed by atoms with Crippen LogP contribution >= 0.6 is 0 Å². The van der Waals surface area contributed by atoms with Crippen molar-refractivity contribution >= 4 is 21.5 Å². The van der Waals surface area contributed by atoms with Crippen LogP contribution in [-0.2, 0) is 6.42 Å². The topological polar surface area (TPSA) is 27.6 Å². The second kappa shape index (κ2) is 6.73. The van der Waals surface area contributed by atoms with Gasteiger partial charge >= 0.3 is 0 Å². The first kappa shape index (κ1) is 14.1. The van der Waals surface area contributed by atoms with Crippen molar-refractivity contribution in [2.75, 3.05) is 6.54 Å². The summed E-state index contributed by atoms with van der Waals surface area (Å²) < 4.78 is 0. The molecule has 0 amide bonds. The molecule has 1 heteroatoms. The molecular formula is C20H24N+. The van der Waals surface area contributed by atoms with Crippen molar-refractivity contribution in [2.24, 2.45) is 0 Å². The smallest absolute Gasteiger partial charge is 0.0739 e. The Hall–Kier alpha value is -1.86. The Balaban J connectivity index is 1.92. The van der Waals surface area contributed by atoms with Crippen LogP contribution in [0.3, 0.4) is 0 Å². The molecule has 3 rings (SSSR count). The molecule has 3 N–H and O–H groups in total. The number of unbranched alkanes of at least 4 members (excludes halogenated alkanes) is 3. The molecule has 0 radical (unpaired) electrons. The molecule has 0 unspecified atom stereocenters. The maximum absolute atomic E-state index is 3.92. The number of hydrogen-bond acceptors (Lipinski definition) is 0. The van der Waals surface area contributed by atoms with Crippen LogP contribution in [0.5, 0.6) is 0 Å². The van der Waals surface area contributed by atoms with Crippen molar-refractivity contribution in [1.29, 1.82) is 0 Å². The lowest BCUT2D eigenvalue weighted by Gasteiger charge is -2.10. The van der Waals surface area contributed by atoms with Gasteiger partial charge in [-0.15, -0.1) is 0 Å². The summed E-state index contributed by atoms with van der Waals surface area (Å²) in [5, 5.41) is 5.55. The third-order valence-electron chi connectivity index (χ3n) is 4.30. The molecule has 3 aromatic carbocycles. The van der Waals surface area contributed by atoms with E-state index < -0.39 is 0 Å². The van der Waals surface area contributed by atoms with Gasteiger partial charge in [0.1, 0.15) is 0 Å². The van der Waals surface area contributed by atoms with Gasteiger partial charge in [0.25, 0.3) is 0 Å². The van der Waals surface area contributed by atoms with Gasteiger partial charge in [0.15, 0.2) is 0 Å². The standard InChI is InChI=1S/C20H23N/c21-14-8-2-1-3-9-16-15-17-10-4-5-11-18(17)20-13-7-6-12-19(16)20/h4-7,10-13,15H,1-3,8-9,14,21H2/p+1. The summed E-state index contributed by atoms with van der Waals surface area (Å²) in [6.07, 6.45) is 6.36. The van der Waals surface area contributed by atoms with Crippen molar-refractivity contribution < 1.29 is 5.73 Å². The van der Waals surface area contributed by atoms with Crippen molar-refractivity contribution in [3.63, 3.8) is 0 Å². The third-order valence-corrected chi connectivity index (χ3v) is 4.30. The molecule has 3 aromatic rings. The van der Waals surface area contributed by atoms with Crippen LogP contribution in [0, 0.1) is 0 Å². The number of rotatable bonds is 6. The largest absolute Gasteiger partial charge is 0.358 e. The van der Waals surface area contributed by atoms with Gasteiger partial charge in [0.05, 0.1) is 6.54 Å². The van der Waals surface area contributed by atoms with E-state index in [0.29, 0.717) is 0 Å². The van der Waals surface area contributed by atoms with E-state index in [-0.39, 0.29) is 0 Å². The normalized spacial score (nSPS) is 11.3. The molecule has 0 bridgehead atoms. The molecule has 0 saturated carbocycles. The van der Waals surface area contributed by atoms with Gasteiger partial charge < -0.3 is 5.73 Å². The molecule has 0 aromatic heterocycles. The second-order valence-electron chi connectivity index (χ2n) is 5.82. The Morgan fingerprint density at radius 1 is 0.667 bits per heavy atom. The monoisotopic (exact) mass is 278 g/mol. The van der Waals surface area contributed by atoms with Crippen molar-refractivity contribution in [2.45, 2.75) is 32.1 Å². The zero-order chi connectivity index (χ0) is 14.5. The Labute approximate surface area is 126 Å². The van der Waals surface area contributed by atoms with Gasteiger partial charge in [-0.1, -0.05) is 61.0 Å². The minimum atomic E-state index is 1.07. The summed E-state index contributed by atoms with van der Waals surface area (Å²) in [5.41, 5.74) is 5.42. The Morgan fingerprint density at radius 2 is 1.33 bits per heavy atom. The number of benzene rings is 3. The van der Waals surface area contributed by atoms with E-state index in [4.69, 9.17) is 0 Å². The highest BCUT2D eigenvalue weighted by atomic mass is 14.5. The summed E-state index contributed by atoms with van der Waals surface area (Å²) >= 11 is 0. The van der Waals surface area contributed by atoms with E-state index in [2.05, 4.69) is 60.3 Å². The van der Waals surface area contributed by atoms with Gasteiger partial charge in [0, 0.05) is 0 Å². The Morgan fingerprint density at radius 3 is 2.14 bits per heavy atom. The highest BCUT2D eigenvalue weighted by Gasteiger charge is 2.05. The van der Waals surface area contributed by atoms with Gasteiger partial charge in [-0.05, 0) is 52.8 Å². The molecule has 0 aliphatic heterocycles. The molecule has 0 heterocycles. The fourth-order valence-corrected chi connectivity index (χ4v) is 3.18. The summed E-state index contributed by atoms with van der Waals surface area (Å²) in [4.78, 5) is 0. The van der Waals surface area contributed by atoms with E-state index in [1.165, 1.54) is 59.2 Å². The average Bonchev–Trinajstić information content (AvgIpc) is 2.54. The Bertz CT molecular complexity index is 730. The maximum Gasteiger partial charge on any atom is 0.0739 e. The fraction of sp³-hybridized carbons (Fsp3) is 0.300. The predicted octanol–water partition coefficient (Wildman–Crippen LogP) is 4.34. The predicted molar refractivity (Wildman–Crippen MR) is 91.4 cm³/mol. The SMILES string of the molecule is [NH3+]CCCCCCc1cc2ccccc2c2ccccc12. The first-order valence-corrected chi connectivity index (χ1v) is 8.09. The molecule has 0 aliphatic rings. The zero-order valence-electron chi connectivity index (χ0n) is 12.6. The van der Waals surface area contributed by atoms with E-state index in [0.717, 1.165) is 6.54 Å². The zero-order valence-corrected chi connectivity index (χ0v) is 12.6. The van der Waals surface area contributed by atoms with Crippen LogP contribution in [0.2, 0.25) is 0 Å². The van der Waals surface area contributed by atoms with E-state index >= 15 is 0 Å². The number of fused-ring (bicyclic) bond motifs is 3. The summed E-state index contributed by atoms with van der Waals surface area (Å²) in [6, 6.07) is 19.9. The molecular weight excluding hydrogens is 254 g/mol. The summed E-state index contributed by atoms with van der Waals surface area (Å²) in [7, 11) is 0. The summed E-state index contributed by atoms with van der Waals surface area (Å²) in [5.74, 6) is 0. The number of quaternary nitrogens is 1. The maximum atomic E-state index is 3.92. The lowest BCUT2D eigenvalue weighted by Crippen LogP contribution is -2.50. The van der Waals surface area contributed by atoms with Crippen LogP contribution in [0.1, 0.15) is 31.2 Å². The highest BCUT2D eigenvalue weighted by Crippen LogP contribution is 2.29.